The molecule has 1 heterocycles. The molecule has 1 aromatic rings. The van der Waals surface area contributed by atoms with Crippen molar-refractivity contribution in [1.82, 2.24) is 4.90 Å². The van der Waals surface area contributed by atoms with E-state index in [1.165, 1.54) is 17.1 Å². The van der Waals surface area contributed by atoms with Crippen molar-refractivity contribution in [3.63, 3.8) is 0 Å². The second-order valence-corrected chi connectivity index (χ2v) is 8.34. The van der Waals surface area contributed by atoms with E-state index in [-0.39, 0.29) is 18.9 Å². The van der Waals surface area contributed by atoms with Crippen molar-refractivity contribution in [2.45, 2.75) is 69.9 Å². The number of para-hydroxylation sites is 1. The highest BCUT2D eigenvalue weighted by molar-refractivity contribution is 5.86. The van der Waals surface area contributed by atoms with E-state index in [9.17, 15) is 23.5 Å². The van der Waals surface area contributed by atoms with Gasteiger partial charge in [0.2, 0.25) is 0 Å². The predicted octanol–water partition coefficient (Wildman–Crippen LogP) is 4.28. The first-order chi connectivity index (χ1) is 15.2. The van der Waals surface area contributed by atoms with Gasteiger partial charge in [0.05, 0.1) is 18.8 Å². The molecular weight excluding hydrogens is 420 g/mol. The summed E-state index contributed by atoms with van der Waals surface area (Å²) >= 11 is 0. The van der Waals surface area contributed by atoms with E-state index in [2.05, 4.69) is 0 Å². The molecule has 178 valence electrons. The topological polar surface area (TPSA) is 87.1 Å². The Balaban J connectivity index is 1.81. The number of aliphatic hydroxyl groups is 1. The van der Waals surface area contributed by atoms with Crippen LogP contribution < -0.4 is 4.74 Å². The van der Waals surface area contributed by atoms with Crippen molar-refractivity contribution in [3.05, 3.63) is 42.5 Å². The number of likely N-dealkylation sites (tertiary alicyclic amines) is 1. The van der Waals surface area contributed by atoms with Crippen molar-refractivity contribution < 1.29 is 33.3 Å². The van der Waals surface area contributed by atoms with Gasteiger partial charge in [0.1, 0.15) is 5.75 Å². The lowest BCUT2D eigenvalue weighted by Crippen LogP contribution is -2.36. The van der Waals surface area contributed by atoms with Crippen molar-refractivity contribution >= 4 is 11.9 Å². The van der Waals surface area contributed by atoms with Gasteiger partial charge < -0.3 is 19.8 Å². The van der Waals surface area contributed by atoms with Gasteiger partial charge in [-0.25, -0.2) is 0 Å². The van der Waals surface area contributed by atoms with Crippen molar-refractivity contribution in [2.24, 2.45) is 5.92 Å². The first kappa shape index (κ1) is 25.8. The Kier molecular flexibility index (Phi) is 10.1. The summed E-state index contributed by atoms with van der Waals surface area (Å²) in [6, 6.07) is 8.56. The Bertz CT molecular complexity index is 756. The van der Waals surface area contributed by atoms with E-state index in [0.717, 1.165) is 5.75 Å². The molecule has 6 nitrogen and oxygen atoms in total. The number of halogens is 2. The number of hydrogen-bond acceptors (Lipinski definition) is 4. The van der Waals surface area contributed by atoms with E-state index >= 15 is 0 Å². The minimum Gasteiger partial charge on any atom is -0.494 e. The summed E-state index contributed by atoms with van der Waals surface area (Å²) in [5.74, 6) is -4.84. The van der Waals surface area contributed by atoms with Crippen LogP contribution in [-0.4, -0.2) is 58.2 Å². The Morgan fingerprint density at radius 2 is 1.94 bits per heavy atom. The standard InChI is InChI=1S/C24H33F2NO5/c1-18(14-16-32-20-9-5-4-6-10-20)21(28)13-12-19-17-24(25,26)23(31)27(19)15-8-3-2-7-11-22(29)30/h4-6,9-10,12-13,18-19,21,28H,2-3,7-8,11,14-17H2,1H3,(H,29,30)/b13-12+/t18-,19-,21+/m0/s1. The molecule has 3 atom stereocenters. The third kappa shape index (κ3) is 8.22. The molecule has 1 aromatic carbocycles. The van der Waals surface area contributed by atoms with Crippen molar-refractivity contribution in [2.75, 3.05) is 13.2 Å². The van der Waals surface area contributed by atoms with Gasteiger partial charge in [0.25, 0.3) is 5.91 Å². The third-order valence-electron chi connectivity index (χ3n) is 5.68. The summed E-state index contributed by atoms with van der Waals surface area (Å²) in [4.78, 5) is 23.8. The molecule has 32 heavy (non-hydrogen) atoms. The van der Waals surface area contributed by atoms with Crippen LogP contribution in [0.3, 0.4) is 0 Å². The third-order valence-corrected chi connectivity index (χ3v) is 5.68. The van der Waals surface area contributed by atoms with Gasteiger partial charge in [-0.05, 0) is 37.3 Å². The highest BCUT2D eigenvalue weighted by Gasteiger charge is 2.52. The zero-order chi connectivity index (χ0) is 23.6. The lowest BCUT2D eigenvalue weighted by atomic mass is 10.00. The summed E-state index contributed by atoms with van der Waals surface area (Å²) in [6.45, 7) is 2.46. The highest BCUT2D eigenvalue weighted by Crippen LogP contribution is 2.34. The molecular formula is C24H33F2NO5. The molecule has 0 bridgehead atoms. The molecule has 1 aliphatic heterocycles. The number of hydrogen-bond donors (Lipinski definition) is 2. The van der Waals surface area contributed by atoms with Gasteiger partial charge in [0, 0.05) is 19.4 Å². The van der Waals surface area contributed by atoms with Crippen LogP contribution in [0, 0.1) is 5.92 Å². The summed E-state index contributed by atoms with van der Waals surface area (Å²) in [7, 11) is 0. The molecule has 0 radical (unpaired) electrons. The maximum atomic E-state index is 14.0. The largest absolute Gasteiger partial charge is 0.494 e. The molecule has 1 fully saturated rings. The van der Waals surface area contributed by atoms with Crippen LogP contribution in [0.25, 0.3) is 0 Å². The number of carbonyl (C=O) groups excluding carboxylic acids is 1. The Labute approximate surface area is 187 Å². The molecule has 1 saturated heterocycles. The molecule has 0 spiro atoms. The smallest absolute Gasteiger partial charge is 0.327 e. The van der Waals surface area contributed by atoms with Crippen LogP contribution in [0.4, 0.5) is 8.78 Å². The fourth-order valence-electron chi connectivity index (χ4n) is 3.65. The molecule has 2 rings (SSSR count). The lowest BCUT2D eigenvalue weighted by Gasteiger charge is -2.22. The number of carboxylic acid groups (broad SMARTS) is 1. The number of aliphatic carboxylic acids is 1. The quantitative estimate of drug-likeness (QED) is 0.324. The lowest BCUT2D eigenvalue weighted by molar-refractivity contribution is -0.148. The maximum absolute atomic E-state index is 14.0. The fraction of sp³-hybridized carbons (Fsp3) is 0.583. The van der Waals surface area contributed by atoms with Crippen LogP contribution in [0.15, 0.2) is 42.5 Å². The molecule has 2 N–H and O–H groups in total. The van der Waals surface area contributed by atoms with Gasteiger partial charge in [-0.3, -0.25) is 9.59 Å². The number of alkyl halides is 2. The Hall–Kier alpha value is -2.48. The Morgan fingerprint density at radius 3 is 2.62 bits per heavy atom. The molecule has 1 amide bonds. The number of rotatable bonds is 14. The fourth-order valence-corrected chi connectivity index (χ4v) is 3.65. The number of carboxylic acids is 1. The zero-order valence-corrected chi connectivity index (χ0v) is 18.5. The second-order valence-electron chi connectivity index (χ2n) is 8.34. The molecule has 8 heteroatoms. The number of nitrogens with zero attached hydrogens (tertiary/aromatic N) is 1. The minimum atomic E-state index is -3.40. The molecule has 0 unspecified atom stereocenters. The van der Waals surface area contributed by atoms with Crippen molar-refractivity contribution in [3.8, 4) is 5.75 Å². The van der Waals surface area contributed by atoms with Crippen LogP contribution in [0.2, 0.25) is 0 Å². The van der Waals surface area contributed by atoms with Crippen LogP contribution in [0.5, 0.6) is 5.75 Å². The van der Waals surface area contributed by atoms with E-state index in [1.807, 2.05) is 37.3 Å². The van der Waals surface area contributed by atoms with Gasteiger partial charge >= 0.3 is 11.9 Å². The van der Waals surface area contributed by atoms with Gasteiger partial charge in [-0.15, -0.1) is 0 Å². The number of ether oxygens (including phenoxy) is 1. The summed E-state index contributed by atoms with van der Waals surface area (Å²) in [6.07, 6.45) is 4.62. The number of benzene rings is 1. The monoisotopic (exact) mass is 453 g/mol. The Morgan fingerprint density at radius 1 is 1.25 bits per heavy atom. The molecule has 0 aromatic heterocycles. The SMILES string of the molecule is C[C@@H](CCOc1ccccc1)[C@H](O)/C=C/[C@H]1CC(F)(F)C(=O)N1CCCCCCC(=O)O. The molecule has 0 saturated carbocycles. The van der Waals surface area contributed by atoms with E-state index in [0.29, 0.717) is 38.7 Å². The van der Waals surface area contributed by atoms with E-state index in [4.69, 9.17) is 9.84 Å². The van der Waals surface area contributed by atoms with Crippen LogP contribution in [0.1, 0.15) is 51.9 Å². The zero-order valence-electron chi connectivity index (χ0n) is 18.5. The summed E-state index contributed by atoms with van der Waals surface area (Å²) < 4.78 is 33.6. The number of aliphatic hydroxyl groups excluding tert-OH is 1. The van der Waals surface area contributed by atoms with Crippen molar-refractivity contribution in [1.29, 1.82) is 0 Å². The number of unbranched alkanes of at least 4 members (excludes halogenated alkanes) is 3. The predicted molar refractivity (Wildman–Crippen MR) is 117 cm³/mol. The summed E-state index contributed by atoms with van der Waals surface area (Å²) in [5.41, 5.74) is 0. The molecule has 0 aliphatic carbocycles. The van der Waals surface area contributed by atoms with Crippen LogP contribution >= 0.6 is 0 Å². The van der Waals surface area contributed by atoms with Gasteiger partial charge in [-0.2, -0.15) is 8.78 Å². The van der Waals surface area contributed by atoms with E-state index < -0.39 is 36.4 Å². The first-order valence-corrected chi connectivity index (χ1v) is 11.2. The van der Waals surface area contributed by atoms with Crippen LogP contribution in [-0.2, 0) is 9.59 Å². The highest BCUT2D eigenvalue weighted by atomic mass is 19.3. The maximum Gasteiger partial charge on any atom is 0.327 e. The summed E-state index contributed by atoms with van der Waals surface area (Å²) in [5, 5.41) is 19.0. The van der Waals surface area contributed by atoms with Gasteiger partial charge in [-0.1, -0.05) is 50.1 Å². The normalized spacial score (nSPS) is 19.9. The minimum absolute atomic E-state index is 0.0819. The van der Waals surface area contributed by atoms with Gasteiger partial charge in [0.15, 0.2) is 0 Å². The average Bonchev–Trinajstić information content (AvgIpc) is 2.97. The molecule has 1 aliphatic rings. The average molecular weight is 454 g/mol. The second kappa shape index (κ2) is 12.5. The number of amides is 1. The first-order valence-electron chi connectivity index (χ1n) is 11.2. The number of carbonyl (C=O) groups is 2. The van der Waals surface area contributed by atoms with E-state index in [1.54, 1.807) is 0 Å².